The fourth-order valence-corrected chi connectivity index (χ4v) is 2.57. The normalized spacial score (nSPS) is 29.8. The van der Waals surface area contributed by atoms with Crippen LogP contribution in [0.4, 0.5) is 0 Å². The molecule has 92 valence electrons. The smallest absolute Gasteiger partial charge is 0.0205 e. The first-order chi connectivity index (χ1) is 7.48. The first-order valence-corrected chi connectivity index (χ1v) is 6.81. The second-order valence-corrected chi connectivity index (χ2v) is 5.94. The molecule has 2 atom stereocenters. The van der Waals surface area contributed by atoms with Gasteiger partial charge in [-0.15, -0.1) is 0 Å². The zero-order valence-corrected chi connectivity index (χ0v) is 11.8. The Labute approximate surface area is 102 Å². The van der Waals surface area contributed by atoms with Crippen molar-refractivity contribution in [2.45, 2.75) is 66.7 Å². The molecule has 0 N–H and O–H groups in total. The maximum Gasteiger partial charge on any atom is -0.0205 e. The van der Waals surface area contributed by atoms with Gasteiger partial charge >= 0.3 is 0 Å². The highest BCUT2D eigenvalue weighted by Gasteiger charge is 2.30. The molecular formula is C16H28. The molecule has 0 aliphatic heterocycles. The van der Waals surface area contributed by atoms with Crippen LogP contribution in [0.3, 0.4) is 0 Å². The highest BCUT2D eigenvalue weighted by molar-refractivity contribution is 5.13. The Bertz CT molecular complexity index is 278. The highest BCUT2D eigenvalue weighted by Crippen LogP contribution is 2.42. The summed E-state index contributed by atoms with van der Waals surface area (Å²) in [6.45, 7) is 11.5. The van der Waals surface area contributed by atoms with Gasteiger partial charge in [-0.2, -0.15) is 0 Å². The molecule has 0 aromatic carbocycles. The Morgan fingerprint density at radius 1 is 1.50 bits per heavy atom. The fraction of sp³-hybridized carbons (Fsp3) is 0.750. The van der Waals surface area contributed by atoms with Gasteiger partial charge in [0.1, 0.15) is 0 Å². The predicted molar refractivity (Wildman–Crippen MR) is 73.5 cm³/mol. The molecule has 1 aliphatic rings. The molecule has 0 spiro atoms. The summed E-state index contributed by atoms with van der Waals surface area (Å²) in [6, 6.07) is 0. The Kier molecular flexibility index (Phi) is 4.83. The van der Waals surface area contributed by atoms with Crippen molar-refractivity contribution in [2.75, 3.05) is 0 Å². The van der Waals surface area contributed by atoms with Crippen LogP contribution >= 0.6 is 0 Å². The van der Waals surface area contributed by atoms with E-state index in [4.69, 9.17) is 0 Å². The number of allylic oxidation sites excluding steroid dienone is 4. The summed E-state index contributed by atoms with van der Waals surface area (Å²) in [5, 5.41) is 0. The molecular weight excluding hydrogens is 192 g/mol. The van der Waals surface area contributed by atoms with Gasteiger partial charge in [-0.25, -0.2) is 0 Å². The van der Waals surface area contributed by atoms with Crippen LogP contribution in [0, 0.1) is 11.3 Å². The number of hydrogen-bond acceptors (Lipinski definition) is 0. The van der Waals surface area contributed by atoms with Crippen LogP contribution in [0.5, 0.6) is 0 Å². The zero-order chi connectivity index (χ0) is 12.2. The molecule has 0 heteroatoms. The SMILES string of the molecule is CC[C@@]1(C)CCC(CCC=C(C)C)=C[C@H]1C. The second kappa shape index (κ2) is 5.70. The molecule has 0 radical (unpaired) electrons. The van der Waals surface area contributed by atoms with E-state index in [1.165, 1.54) is 37.7 Å². The van der Waals surface area contributed by atoms with E-state index in [0.717, 1.165) is 5.92 Å². The summed E-state index contributed by atoms with van der Waals surface area (Å²) >= 11 is 0. The maximum absolute atomic E-state index is 2.55. The molecule has 1 aliphatic carbocycles. The van der Waals surface area contributed by atoms with E-state index in [-0.39, 0.29) is 0 Å². The molecule has 0 nitrogen and oxygen atoms in total. The van der Waals surface area contributed by atoms with E-state index < -0.39 is 0 Å². The van der Waals surface area contributed by atoms with Crippen LogP contribution < -0.4 is 0 Å². The minimum atomic E-state index is 0.556. The molecule has 0 amide bonds. The first-order valence-electron chi connectivity index (χ1n) is 6.81. The largest absolute Gasteiger partial charge is 0.0856 e. The summed E-state index contributed by atoms with van der Waals surface area (Å²) in [4.78, 5) is 0. The van der Waals surface area contributed by atoms with Gasteiger partial charge in [-0.3, -0.25) is 0 Å². The van der Waals surface area contributed by atoms with Crippen LogP contribution in [0.2, 0.25) is 0 Å². The lowest BCUT2D eigenvalue weighted by atomic mass is 9.68. The highest BCUT2D eigenvalue weighted by atomic mass is 14.4. The lowest BCUT2D eigenvalue weighted by Gasteiger charge is -2.38. The number of hydrogen-bond donors (Lipinski definition) is 0. The summed E-state index contributed by atoms with van der Waals surface area (Å²) in [5.41, 5.74) is 3.69. The van der Waals surface area contributed by atoms with E-state index in [0.29, 0.717) is 5.41 Å². The topological polar surface area (TPSA) is 0 Å². The standard InChI is InChI=1S/C16H28/c1-6-16(5)11-10-15(12-14(16)4)9-7-8-13(2)3/h8,12,14H,6-7,9-11H2,1-5H3/t14-,16+/m1/s1. The Morgan fingerprint density at radius 3 is 2.69 bits per heavy atom. The maximum atomic E-state index is 2.55. The van der Waals surface area contributed by atoms with Crippen molar-refractivity contribution in [3.05, 3.63) is 23.3 Å². The third kappa shape index (κ3) is 3.50. The molecule has 16 heavy (non-hydrogen) atoms. The van der Waals surface area contributed by atoms with Crippen LogP contribution in [-0.4, -0.2) is 0 Å². The van der Waals surface area contributed by atoms with Gasteiger partial charge in [0.05, 0.1) is 0 Å². The molecule has 0 fully saturated rings. The van der Waals surface area contributed by atoms with Crippen molar-refractivity contribution < 1.29 is 0 Å². The molecule has 1 rings (SSSR count). The lowest BCUT2D eigenvalue weighted by molar-refractivity contribution is 0.198. The van der Waals surface area contributed by atoms with Gasteiger partial charge in [-0.1, -0.05) is 50.5 Å². The summed E-state index contributed by atoms with van der Waals surface area (Å²) in [5.74, 6) is 0.757. The Morgan fingerprint density at radius 2 is 2.19 bits per heavy atom. The number of rotatable bonds is 4. The summed E-state index contributed by atoms with van der Waals surface area (Å²) in [6.07, 6.45) is 11.4. The minimum absolute atomic E-state index is 0.556. The average molecular weight is 220 g/mol. The third-order valence-electron chi connectivity index (χ3n) is 4.43. The van der Waals surface area contributed by atoms with Crippen LogP contribution in [0.25, 0.3) is 0 Å². The molecule has 0 aromatic rings. The molecule has 0 saturated carbocycles. The van der Waals surface area contributed by atoms with Gasteiger partial charge in [-0.05, 0) is 50.9 Å². The average Bonchev–Trinajstić information content (AvgIpc) is 2.23. The van der Waals surface area contributed by atoms with Gasteiger partial charge < -0.3 is 0 Å². The second-order valence-electron chi connectivity index (χ2n) is 5.94. The van der Waals surface area contributed by atoms with E-state index >= 15 is 0 Å². The van der Waals surface area contributed by atoms with Crippen LogP contribution in [0.15, 0.2) is 23.3 Å². The third-order valence-corrected chi connectivity index (χ3v) is 4.43. The first kappa shape index (κ1) is 13.5. The van der Waals surface area contributed by atoms with Gasteiger partial charge in [0.25, 0.3) is 0 Å². The van der Waals surface area contributed by atoms with Crippen LogP contribution in [-0.2, 0) is 0 Å². The molecule has 0 bridgehead atoms. The van der Waals surface area contributed by atoms with Gasteiger partial charge in [0.2, 0.25) is 0 Å². The predicted octanol–water partition coefficient (Wildman–Crippen LogP) is 5.51. The van der Waals surface area contributed by atoms with E-state index in [2.05, 4.69) is 46.8 Å². The van der Waals surface area contributed by atoms with E-state index in [9.17, 15) is 0 Å². The fourth-order valence-electron chi connectivity index (χ4n) is 2.57. The van der Waals surface area contributed by atoms with Crippen molar-refractivity contribution in [2.24, 2.45) is 11.3 Å². The quantitative estimate of drug-likeness (QED) is 0.548. The van der Waals surface area contributed by atoms with Crippen molar-refractivity contribution in [3.63, 3.8) is 0 Å². The minimum Gasteiger partial charge on any atom is -0.0856 e. The molecule has 0 heterocycles. The van der Waals surface area contributed by atoms with E-state index in [1.54, 1.807) is 5.57 Å². The summed E-state index contributed by atoms with van der Waals surface area (Å²) in [7, 11) is 0. The molecule has 0 unspecified atom stereocenters. The molecule has 0 saturated heterocycles. The monoisotopic (exact) mass is 220 g/mol. The van der Waals surface area contributed by atoms with Gasteiger partial charge in [0, 0.05) is 0 Å². The Hall–Kier alpha value is -0.520. The van der Waals surface area contributed by atoms with Crippen molar-refractivity contribution >= 4 is 0 Å². The van der Waals surface area contributed by atoms with Crippen LogP contribution in [0.1, 0.15) is 66.7 Å². The zero-order valence-electron chi connectivity index (χ0n) is 11.8. The van der Waals surface area contributed by atoms with E-state index in [1.807, 2.05) is 0 Å². The van der Waals surface area contributed by atoms with Crippen molar-refractivity contribution in [1.29, 1.82) is 0 Å². The van der Waals surface area contributed by atoms with Gasteiger partial charge in [0.15, 0.2) is 0 Å². The lowest BCUT2D eigenvalue weighted by Crippen LogP contribution is -2.26. The molecule has 0 aromatic heterocycles. The van der Waals surface area contributed by atoms with Crippen molar-refractivity contribution in [1.82, 2.24) is 0 Å². The summed E-state index contributed by atoms with van der Waals surface area (Å²) < 4.78 is 0. The van der Waals surface area contributed by atoms with Crippen molar-refractivity contribution in [3.8, 4) is 0 Å². The Balaban J connectivity index is 2.53.